The molecule has 0 saturated carbocycles. The average molecular weight is 399 g/mol. The van der Waals surface area contributed by atoms with Gasteiger partial charge >= 0.3 is 0 Å². The average Bonchev–Trinajstić information content (AvgIpc) is 3.37. The van der Waals surface area contributed by atoms with Crippen molar-refractivity contribution in [2.75, 3.05) is 5.32 Å². The number of aromatic nitrogens is 4. The van der Waals surface area contributed by atoms with Crippen LogP contribution in [0.15, 0.2) is 65.7 Å². The summed E-state index contributed by atoms with van der Waals surface area (Å²) in [6, 6.07) is 17.0. The molecular formula is C23H21N5O2. The van der Waals surface area contributed by atoms with Crippen LogP contribution in [0.3, 0.4) is 0 Å². The Kier molecular flexibility index (Phi) is 4.63. The molecule has 1 aliphatic carbocycles. The van der Waals surface area contributed by atoms with Gasteiger partial charge in [-0.3, -0.25) is 14.2 Å². The first-order valence-electron chi connectivity index (χ1n) is 10.1. The van der Waals surface area contributed by atoms with Crippen LogP contribution in [0, 0.1) is 0 Å². The van der Waals surface area contributed by atoms with Crippen molar-refractivity contribution in [2.45, 2.75) is 32.2 Å². The van der Waals surface area contributed by atoms with Gasteiger partial charge in [-0.25, -0.2) is 9.67 Å². The van der Waals surface area contributed by atoms with Crippen LogP contribution < -0.4 is 10.9 Å². The Hall–Kier alpha value is -3.74. The summed E-state index contributed by atoms with van der Waals surface area (Å²) in [5.74, 6) is 0.588. The van der Waals surface area contributed by atoms with Gasteiger partial charge in [0.2, 0.25) is 5.91 Å². The van der Waals surface area contributed by atoms with E-state index < -0.39 is 0 Å². The molecule has 2 aromatic carbocycles. The lowest BCUT2D eigenvalue weighted by Crippen LogP contribution is -2.24. The number of rotatable bonds is 5. The van der Waals surface area contributed by atoms with Crippen molar-refractivity contribution in [3.05, 3.63) is 82.5 Å². The van der Waals surface area contributed by atoms with Crippen LogP contribution in [0.25, 0.3) is 16.6 Å². The van der Waals surface area contributed by atoms with Crippen LogP contribution in [-0.2, 0) is 24.2 Å². The van der Waals surface area contributed by atoms with Gasteiger partial charge in [-0.05, 0) is 43.5 Å². The second-order valence-electron chi connectivity index (χ2n) is 7.43. The van der Waals surface area contributed by atoms with Gasteiger partial charge in [0.25, 0.3) is 5.56 Å². The summed E-state index contributed by atoms with van der Waals surface area (Å²) in [5.41, 5.74) is 3.59. The number of anilines is 1. The Labute approximate surface area is 173 Å². The maximum Gasteiger partial charge on any atom is 0.261 e. The number of carbonyl (C=O) groups excluding carboxylic acids is 1. The lowest BCUT2D eigenvalue weighted by Gasteiger charge is -2.12. The molecule has 30 heavy (non-hydrogen) atoms. The largest absolute Gasteiger partial charge is 0.310 e. The predicted octanol–water partition coefficient (Wildman–Crippen LogP) is 3.10. The fraction of sp³-hybridized carbons (Fsp3) is 0.217. The van der Waals surface area contributed by atoms with E-state index in [1.165, 1.54) is 10.9 Å². The number of hydrogen-bond acceptors (Lipinski definition) is 4. The minimum atomic E-state index is -0.151. The number of nitrogens with zero attached hydrogens (tertiary/aromatic N) is 4. The number of nitrogens with one attached hydrogen (secondary N) is 1. The van der Waals surface area contributed by atoms with Crippen LogP contribution in [0.4, 0.5) is 5.82 Å². The Morgan fingerprint density at radius 1 is 1.03 bits per heavy atom. The number of benzene rings is 2. The Morgan fingerprint density at radius 2 is 1.83 bits per heavy atom. The third-order valence-electron chi connectivity index (χ3n) is 5.48. The van der Waals surface area contributed by atoms with Gasteiger partial charge in [0.05, 0.1) is 28.6 Å². The normalized spacial score (nSPS) is 12.8. The van der Waals surface area contributed by atoms with Gasteiger partial charge < -0.3 is 5.32 Å². The first-order valence-corrected chi connectivity index (χ1v) is 10.1. The molecule has 0 saturated heterocycles. The highest BCUT2D eigenvalue weighted by Crippen LogP contribution is 2.31. The molecule has 5 rings (SSSR count). The number of hydrogen-bond donors (Lipinski definition) is 1. The van der Waals surface area contributed by atoms with Crippen molar-refractivity contribution in [3.8, 4) is 5.69 Å². The molecule has 7 heteroatoms. The molecule has 0 radical (unpaired) electrons. The van der Waals surface area contributed by atoms with Gasteiger partial charge in [0.1, 0.15) is 5.82 Å². The summed E-state index contributed by atoms with van der Waals surface area (Å²) >= 11 is 0. The SMILES string of the molecule is O=C(CCn1cnc2ccccc2c1=O)Nc1c2c(nn1-c1ccccc1)CCC2. The van der Waals surface area contributed by atoms with E-state index in [1.54, 1.807) is 12.1 Å². The minimum Gasteiger partial charge on any atom is -0.310 e. The molecule has 7 nitrogen and oxygen atoms in total. The number of amides is 1. The zero-order valence-corrected chi connectivity index (χ0v) is 16.4. The van der Waals surface area contributed by atoms with Gasteiger partial charge in [-0.15, -0.1) is 0 Å². The first-order chi connectivity index (χ1) is 14.7. The summed E-state index contributed by atoms with van der Waals surface area (Å²) in [6.07, 6.45) is 4.56. The number of carbonyl (C=O) groups is 1. The van der Waals surface area contributed by atoms with Gasteiger partial charge in [0, 0.05) is 18.5 Å². The van der Waals surface area contributed by atoms with Gasteiger partial charge in [0.15, 0.2) is 0 Å². The second-order valence-corrected chi connectivity index (χ2v) is 7.43. The van der Waals surface area contributed by atoms with Crippen LogP contribution in [-0.4, -0.2) is 25.2 Å². The summed E-state index contributed by atoms with van der Waals surface area (Å²) in [6.45, 7) is 0.268. The molecule has 0 unspecified atom stereocenters. The summed E-state index contributed by atoms with van der Waals surface area (Å²) < 4.78 is 3.30. The minimum absolute atomic E-state index is 0.136. The Balaban J connectivity index is 1.37. The van der Waals surface area contributed by atoms with E-state index in [4.69, 9.17) is 5.10 Å². The van der Waals surface area contributed by atoms with Crippen molar-refractivity contribution in [3.63, 3.8) is 0 Å². The quantitative estimate of drug-likeness (QED) is 0.559. The highest BCUT2D eigenvalue weighted by atomic mass is 16.2. The lowest BCUT2D eigenvalue weighted by molar-refractivity contribution is -0.116. The molecule has 1 amide bonds. The smallest absolute Gasteiger partial charge is 0.261 e. The van der Waals surface area contributed by atoms with Crippen molar-refractivity contribution < 1.29 is 4.79 Å². The molecule has 4 aromatic rings. The van der Waals surface area contributed by atoms with Crippen LogP contribution in [0.5, 0.6) is 0 Å². The maximum absolute atomic E-state index is 12.8. The Morgan fingerprint density at radius 3 is 2.70 bits per heavy atom. The van der Waals surface area contributed by atoms with Gasteiger partial charge in [-0.2, -0.15) is 5.10 Å². The van der Waals surface area contributed by atoms with Crippen molar-refractivity contribution in [1.82, 2.24) is 19.3 Å². The predicted molar refractivity (Wildman–Crippen MR) is 115 cm³/mol. The van der Waals surface area contributed by atoms with Crippen molar-refractivity contribution in [2.24, 2.45) is 0 Å². The molecule has 1 aliphatic rings. The van der Waals surface area contributed by atoms with Crippen LogP contribution >= 0.6 is 0 Å². The van der Waals surface area contributed by atoms with Crippen molar-refractivity contribution >= 4 is 22.6 Å². The van der Waals surface area contributed by atoms with Gasteiger partial charge in [-0.1, -0.05) is 30.3 Å². The number of fused-ring (bicyclic) bond motifs is 2. The molecular weight excluding hydrogens is 378 g/mol. The fourth-order valence-corrected chi connectivity index (χ4v) is 3.96. The molecule has 2 aromatic heterocycles. The fourth-order valence-electron chi connectivity index (χ4n) is 3.96. The standard InChI is InChI=1S/C23H21N5O2/c29-21(13-14-27-15-24-19-11-5-4-9-18(19)23(27)30)25-22-17-10-6-12-20(17)26-28(22)16-7-2-1-3-8-16/h1-5,7-9,11,15H,6,10,12-14H2,(H,25,29). The third-order valence-corrected chi connectivity index (χ3v) is 5.48. The molecule has 1 N–H and O–H groups in total. The molecule has 150 valence electrons. The molecule has 0 bridgehead atoms. The number of aryl methyl sites for hydroxylation is 2. The monoisotopic (exact) mass is 399 g/mol. The summed E-state index contributed by atoms with van der Waals surface area (Å²) in [4.78, 5) is 29.7. The lowest BCUT2D eigenvalue weighted by atomic mass is 10.2. The van der Waals surface area contributed by atoms with Crippen LogP contribution in [0.2, 0.25) is 0 Å². The molecule has 0 aliphatic heterocycles. The maximum atomic E-state index is 12.8. The van der Waals surface area contributed by atoms with Crippen molar-refractivity contribution in [1.29, 1.82) is 0 Å². The topological polar surface area (TPSA) is 81.8 Å². The summed E-state index contributed by atoms with van der Waals surface area (Å²) in [5, 5.41) is 8.32. The first kappa shape index (κ1) is 18.3. The highest BCUT2D eigenvalue weighted by molar-refractivity contribution is 5.91. The van der Waals surface area contributed by atoms with E-state index in [9.17, 15) is 9.59 Å². The second kappa shape index (κ2) is 7.59. The van der Waals surface area contributed by atoms with E-state index in [0.717, 1.165) is 42.0 Å². The molecule has 0 fully saturated rings. The van der Waals surface area contributed by atoms with E-state index in [2.05, 4.69) is 10.3 Å². The Bertz CT molecular complexity index is 1290. The number of para-hydroxylation sites is 2. The highest BCUT2D eigenvalue weighted by Gasteiger charge is 2.24. The molecule has 0 atom stereocenters. The summed E-state index contributed by atoms with van der Waals surface area (Å²) in [7, 11) is 0. The zero-order valence-electron chi connectivity index (χ0n) is 16.4. The zero-order chi connectivity index (χ0) is 20.5. The van der Waals surface area contributed by atoms with E-state index in [-0.39, 0.29) is 24.4 Å². The molecule has 2 heterocycles. The van der Waals surface area contributed by atoms with E-state index in [0.29, 0.717) is 10.9 Å². The van der Waals surface area contributed by atoms with E-state index in [1.807, 2.05) is 47.1 Å². The van der Waals surface area contributed by atoms with E-state index >= 15 is 0 Å². The third kappa shape index (κ3) is 3.28. The van der Waals surface area contributed by atoms with Crippen LogP contribution in [0.1, 0.15) is 24.1 Å². The molecule has 0 spiro atoms.